The zero-order valence-electron chi connectivity index (χ0n) is 5.44. The van der Waals surface area contributed by atoms with E-state index in [0.717, 1.165) is 4.99 Å². The number of hydrogen-bond acceptors (Lipinski definition) is 2. The summed E-state index contributed by atoms with van der Waals surface area (Å²) in [5, 5.41) is 0. The second-order valence-electron chi connectivity index (χ2n) is 1.64. The van der Waals surface area contributed by atoms with Crippen molar-refractivity contribution >= 4 is 29.6 Å². The van der Waals surface area contributed by atoms with Crippen LogP contribution in [-0.4, -0.2) is 14.6 Å². The predicted octanol–water partition coefficient (Wildman–Crippen LogP) is 1.20. The zero-order valence-corrected chi connectivity index (χ0v) is 7.08. The first kappa shape index (κ1) is 9.39. The van der Waals surface area contributed by atoms with Gasteiger partial charge in [-0.05, 0) is 6.92 Å². The van der Waals surface area contributed by atoms with Crippen molar-refractivity contribution in [3.63, 3.8) is 0 Å². The summed E-state index contributed by atoms with van der Waals surface area (Å²) in [6, 6.07) is 0. The summed E-state index contributed by atoms with van der Waals surface area (Å²) in [6.07, 6.45) is 5.12. The van der Waals surface area contributed by atoms with Gasteiger partial charge in [0, 0.05) is 12.4 Å². The van der Waals surface area contributed by atoms with Crippen LogP contribution in [0.3, 0.4) is 0 Å². The van der Waals surface area contributed by atoms with E-state index in [4.69, 9.17) is 12.2 Å². The number of halogens is 1. The summed E-state index contributed by atoms with van der Waals surface area (Å²) in [7, 11) is 0. The number of hydrogen-bond donors (Lipinski definition) is 1. The molecule has 0 aliphatic carbocycles. The third kappa shape index (κ3) is 2.80. The topological polar surface area (TPSA) is 29.9 Å². The number of aromatic nitrogens is 2. The number of nitrogens with zero attached hydrogens (tertiary/aromatic N) is 2. The number of thiocarbonyl (C=S) groups is 1. The van der Waals surface area contributed by atoms with Crippen LogP contribution in [-0.2, 0) is 0 Å². The maximum Gasteiger partial charge on any atom is 0.114 e. The van der Waals surface area contributed by atoms with Gasteiger partial charge in [0.15, 0.2) is 0 Å². The molecule has 0 aromatic carbocycles. The maximum atomic E-state index is 4.78. The van der Waals surface area contributed by atoms with Crippen molar-refractivity contribution in [1.82, 2.24) is 9.66 Å². The molecule has 0 atom stereocenters. The predicted molar refractivity (Wildman–Crippen MR) is 47.1 cm³/mol. The highest BCUT2D eigenvalue weighted by Crippen LogP contribution is 1.79. The lowest BCUT2D eigenvalue weighted by Gasteiger charge is -2.00. The highest BCUT2D eigenvalue weighted by Gasteiger charge is 1.84. The summed E-state index contributed by atoms with van der Waals surface area (Å²) in [4.78, 5) is 4.55. The van der Waals surface area contributed by atoms with Crippen LogP contribution in [0.2, 0.25) is 0 Å². The Bertz CT molecular complexity index is 197. The molecule has 0 aliphatic heterocycles. The van der Waals surface area contributed by atoms with Gasteiger partial charge in [-0.1, -0.05) is 12.2 Å². The quantitative estimate of drug-likeness (QED) is 0.654. The summed E-state index contributed by atoms with van der Waals surface area (Å²) >= 11 is 4.78. The van der Waals surface area contributed by atoms with Crippen molar-refractivity contribution in [2.24, 2.45) is 0 Å². The Morgan fingerprint density at radius 3 is 2.80 bits per heavy atom. The van der Waals surface area contributed by atoms with E-state index >= 15 is 0 Å². The van der Waals surface area contributed by atoms with Crippen LogP contribution < -0.4 is 5.43 Å². The molecule has 5 heteroatoms. The van der Waals surface area contributed by atoms with Gasteiger partial charge >= 0.3 is 0 Å². The van der Waals surface area contributed by atoms with Gasteiger partial charge in [-0.2, -0.15) is 0 Å². The van der Waals surface area contributed by atoms with E-state index in [1.807, 2.05) is 6.92 Å². The number of rotatable bonds is 1. The molecular weight excluding hydrogens is 170 g/mol. The molecule has 1 heterocycles. The molecule has 0 saturated carbocycles. The second kappa shape index (κ2) is 4.24. The highest BCUT2D eigenvalue weighted by molar-refractivity contribution is 7.80. The molecule has 10 heavy (non-hydrogen) atoms. The van der Waals surface area contributed by atoms with Gasteiger partial charge < -0.3 is 0 Å². The average Bonchev–Trinajstić information content (AvgIpc) is 2.15. The van der Waals surface area contributed by atoms with Gasteiger partial charge in [0.2, 0.25) is 0 Å². The molecule has 0 radical (unpaired) electrons. The van der Waals surface area contributed by atoms with Crippen LogP contribution in [0.4, 0.5) is 0 Å². The van der Waals surface area contributed by atoms with Crippen molar-refractivity contribution in [2.75, 3.05) is 5.43 Å². The van der Waals surface area contributed by atoms with Crippen LogP contribution in [0, 0.1) is 0 Å². The van der Waals surface area contributed by atoms with Crippen LogP contribution in [0.25, 0.3) is 0 Å². The second-order valence-corrected chi connectivity index (χ2v) is 2.25. The minimum absolute atomic E-state index is 0. The molecule has 0 aliphatic rings. The van der Waals surface area contributed by atoms with Gasteiger partial charge in [0.1, 0.15) is 6.33 Å². The fourth-order valence-corrected chi connectivity index (χ4v) is 0.612. The Labute approximate surface area is 70.8 Å². The van der Waals surface area contributed by atoms with Gasteiger partial charge in [0.05, 0.1) is 4.99 Å². The molecule has 1 aromatic heterocycles. The number of imidazole rings is 1. The SMILES string of the molecule is CC(=S)Nn1ccnc1.Cl. The summed E-state index contributed by atoms with van der Waals surface area (Å²) < 4.78 is 1.70. The van der Waals surface area contributed by atoms with Crippen molar-refractivity contribution in [3.05, 3.63) is 18.7 Å². The van der Waals surface area contributed by atoms with Gasteiger partial charge in [-0.25, -0.2) is 4.98 Å². The average molecular weight is 178 g/mol. The maximum absolute atomic E-state index is 4.78. The Kier molecular flexibility index (Phi) is 3.99. The normalized spacial score (nSPS) is 8.10. The molecule has 1 aromatic rings. The first-order chi connectivity index (χ1) is 4.29. The van der Waals surface area contributed by atoms with E-state index in [-0.39, 0.29) is 12.4 Å². The first-order valence-electron chi connectivity index (χ1n) is 2.54. The monoisotopic (exact) mass is 177 g/mol. The molecule has 56 valence electrons. The van der Waals surface area contributed by atoms with E-state index in [1.54, 1.807) is 23.4 Å². The van der Waals surface area contributed by atoms with Crippen LogP contribution in [0.1, 0.15) is 6.92 Å². The Morgan fingerprint density at radius 1 is 1.70 bits per heavy atom. The third-order valence-electron chi connectivity index (χ3n) is 0.791. The molecule has 1 rings (SSSR count). The molecule has 1 N–H and O–H groups in total. The zero-order chi connectivity index (χ0) is 6.69. The van der Waals surface area contributed by atoms with Crippen molar-refractivity contribution < 1.29 is 0 Å². The lowest BCUT2D eigenvalue weighted by atomic mass is 10.8. The minimum Gasteiger partial charge on any atom is -0.287 e. The van der Waals surface area contributed by atoms with E-state index in [0.29, 0.717) is 0 Å². The molecule has 3 nitrogen and oxygen atoms in total. The van der Waals surface area contributed by atoms with Crippen molar-refractivity contribution in [2.45, 2.75) is 6.92 Å². The lowest BCUT2D eigenvalue weighted by Crippen LogP contribution is -2.15. The third-order valence-corrected chi connectivity index (χ3v) is 0.882. The Balaban J connectivity index is 0.000000810. The molecular formula is C5H8ClN3S. The van der Waals surface area contributed by atoms with E-state index in [1.165, 1.54) is 0 Å². The highest BCUT2D eigenvalue weighted by atomic mass is 35.5. The van der Waals surface area contributed by atoms with Crippen molar-refractivity contribution in [3.8, 4) is 0 Å². The van der Waals surface area contributed by atoms with Gasteiger partial charge in [0.25, 0.3) is 0 Å². The largest absolute Gasteiger partial charge is 0.287 e. The fraction of sp³-hybridized carbons (Fsp3) is 0.200. The van der Waals surface area contributed by atoms with Crippen LogP contribution in [0.15, 0.2) is 18.7 Å². The van der Waals surface area contributed by atoms with Gasteiger partial charge in [-0.3, -0.25) is 10.1 Å². The summed E-state index contributed by atoms with van der Waals surface area (Å²) in [6.45, 7) is 1.81. The van der Waals surface area contributed by atoms with Crippen LogP contribution in [0.5, 0.6) is 0 Å². The Morgan fingerprint density at radius 2 is 2.40 bits per heavy atom. The molecule has 0 spiro atoms. The smallest absolute Gasteiger partial charge is 0.114 e. The standard InChI is InChI=1S/C5H7N3S.ClH/c1-5(9)7-8-3-2-6-4-8;/h2-4H,1H3,(H,7,9);1H. The molecule has 0 amide bonds. The molecule has 0 fully saturated rings. The van der Waals surface area contributed by atoms with Crippen LogP contribution >= 0.6 is 24.6 Å². The van der Waals surface area contributed by atoms with Gasteiger partial charge in [-0.15, -0.1) is 12.4 Å². The molecule has 0 bridgehead atoms. The minimum atomic E-state index is 0. The molecule has 0 unspecified atom stereocenters. The van der Waals surface area contributed by atoms with E-state index < -0.39 is 0 Å². The first-order valence-corrected chi connectivity index (χ1v) is 2.95. The van der Waals surface area contributed by atoms with E-state index in [9.17, 15) is 0 Å². The summed E-state index contributed by atoms with van der Waals surface area (Å²) in [5.41, 5.74) is 2.87. The summed E-state index contributed by atoms with van der Waals surface area (Å²) in [5.74, 6) is 0. The number of nitrogens with one attached hydrogen (secondary N) is 1. The Hall–Kier alpha value is -0.610. The molecule has 0 saturated heterocycles. The fourth-order valence-electron chi connectivity index (χ4n) is 0.507. The lowest BCUT2D eigenvalue weighted by molar-refractivity contribution is 0.976. The van der Waals surface area contributed by atoms with E-state index in [2.05, 4.69) is 10.4 Å². The van der Waals surface area contributed by atoms with Crippen molar-refractivity contribution in [1.29, 1.82) is 0 Å².